The molecule has 0 aromatic carbocycles. The van der Waals surface area contributed by atoms with E-state index in [0.29, 0.717) is 0 Å². The Morgan fingerprint density at radius 3 is 2.73 bits per heavy atom. The molecule has 0 radical (unpaired) electrons. The van der Waals surface area contributed by atoms with Gasteiger partial charge in [-0.3, -0.25) is 0 Å². The van der Waals surface area contributed by atoms with Crippen molar-refractivity contribution in [3.05, 3.63) is 0 Å². The summed E-state index contributed by atoms with van der Waals surface area (Å²) in [5, 5.41) is 13.3. The molecular formula is C12H25NOS. The van der Waals surface area contributed by atoms with Crippen molar-refractivity contribution in [1.82, 2.24) is 5.32 Å². The van der Waals surface area contributed by atoms with Gasteiger partial charge in [0.1, 0.15) is 0 Å². The van der Waals surface area contributed by atoms with E-state index in [2.05, 4.69) is 19.2 Å². The van der Waals surface area contributed by atoms with E-state index in [9.17, 15) is 5.11 Å². The molecule has 1 aliphatic carbocycles. The van der Waals surface area contributed by atoms with Crippen molar-refractivity contribution in [2.24, 2.45) is 5.92 Å². The number of aliphatic hydroxyl groups excluding tert-OH is 1. The maximum Gasteiger partial charge on any atom is 0.0618 e. The largest absolute Gasteiger partial charge is 0.394 e. The Morgan fingerprint density at radius 1 is 1.47 bits per heavy atom. The molecule has 3 atom stereocenters. The molecule has 0 spiro atoms. The van der Waals surface area contributed by atoms with E-state index in [-0.39, 0.29) is 12.1 Å². The number of thioether (sulfide) groups is 1. The van der Waals surface area contributed by atoms with Crippen molar-refractivity contribution in [2.75, 3.05) is 19.4 Å². The molecule has 3 heteroatoms. The predicted molar refractivity (Wildman–Crippen MR) is 68.4 cm³/mol. The topological polar surface area (TPSA) is 32.3 Å². The standard InChI is InChI=1S/C12H25NOS/c1-10-5-4-6-11(7-10)15-9-12(2,8-14)13-3/h10-11,13-14H,4-9H2,1-3H3. The molecule has 0 saturated heterocycles. The zero-order valence-corrected chi connectivity index (χ0v) is 11.1. The lowest BCUT2D eigenvalue weighted by molar-refractivity contribution is 0.200. The Labute approximate surface area is 98.2 Å². The van der Waals surface area contributed by atoms with Crippen LogP contribution in [0.5, 0.6) is 0 Å². The molecule has 1 rings (SSSR count). The highest BCUT2D eigenvalue weighted by Crippen LogP contribution is 2.33. The Hall–Kier alpha value is 0.270. The summed E-state index contributed by atoms with van der Waals surface area (Å²) < 4.78 is 0. The smallest absolute Gasteiger partial charge is 0.0618 e. The van der Waals surface area contributed by atoms with E-state index in [1.54, 1.807) is 0 Å². The van der Waals surface area contributed by atoms with Gasteiger partial charge in [-0.25, -0.2) is 0 Å². The van der Waals surface area contributed by atoms with Gasteiger partial charge in [-0.15, -0.1) is 0 Å². The average molecular weight is 231 g/mol. The van der Waals surface area contributed by atoms with E-state index >= 15 is 0 Å². The molecule has 2 nitrogen and oxygen atoms in total. The molecular weight excluding hydrogens is 206 g/mol. The van der Waals surface area contributed by atoms with Crippen LogP contribution in [0.4, 0.5) is 0 Å². The molecule has 2 N–H and O–H groups in total. The SMILES string of the molecule is CNC(C)(CO)CSC1CCCC(C)C1. The molecule has 1 saturated carbocycles. The Bertz CT molecular complexity index is 182. The second-order valence-electron chi connectivity index (χ2n) is 5.17. The van der Waals surface area contributed by atoms with Gasteiger partial charge < -0.3 is 10.4 Å². The van der Waals surface area contributed by atoms with E-state index < -0.39 is 0 Å². The Kier molecular flexibility index (Phi) is 5.44. The van der Waals surface area contributed by atoms with Crippen molar-refractivity contribution in [2.45, 2.75) is 50.3 Å². The lowest BCUT2D eigenvalue weighted by Gasteiger charge is -2.31. The average Bonchev–Trinajstić information content (AvgIpc) is 2.26. The van der Waals surface area contributed by atoms with Gasteiger partial charge in [0.05, 0.1) is 6.61 Å². The number of hydrogen-bond donors (Lipinski definition) is 2. The van der Waals surface area contributed by atoms with E-state index in [1.165, 1.54) is 25.7 Å². The first-order chi connectivity index (χ1) is 7.09. The van der Waals surface area contributed by atoms with Crippen LogP contribution < -0.4 is 5.32 Å². The van der Waals surface area contributed by atoms with Crippen LogP contribution in [0.25, 0.3) is 0 Å². The molecule has 90 valence electrons. The minimum absolute atomic E-state index is 0.106. The number of aliphatic hydroxyl groups is 1. The van der Waals surface area contributed by atoms with Crippen molar-refractivity contribution in [3.8, 4) is 0 Å². The van der Waals surface area contributed by atoms with Crippen LogP contribution in [0.2, 0.25) is 0 Å². The maximum atomic E-state index is 9.29. The fraction of sp³-hybridized carbons (Fsp3) is 1.00. The van der Waals surface area contributed by atoms with Gasteiger partial charge in [-0.05, 0) is 32.7 Å². The zero-order valence-electron chi connectivity index (χ0n) is 10.3. The van der Waals surface area contributed by atoms with Crippen LogP contribution in [-0.4, -0.2) is 35.3 Å². The molecule has 0 heterocycles. The van der Waals surface area contributed by atoms with Crippen LogP contribution in [0.1, 0.15) is 39.5 Å². The number of hydrogen-bond acceptors (Lipinski definition) is 3. The van der Waals surface area contributed by atoms with Gasteiger partial charge in [0.15, 0.2) is 0 Å². The summed E-state index contributed by atoms with van der Waals surface area (Å²) in [6, 6.07) is 0. The summed E-state index contributed by atoms with van der Waals surface area (Å²) >= 11 is 2.03. The fourth-order valence-corrected chi connectivity index (χ4v) is 3.67. The van der Waals surface area contributed by atoms with Crippen LogP contribution in [0.3, 0.4) is 0 Å². The van der Waals surface area contributed by atoms with Gasteiger partial charge in [-0.2, -0.15) is 11.8 Å². The third-order valence-corrected chi connectivity index (χ3v) is 5.18. The maximum absolute atomic E-state index is 9.29. The zero-order chi connectivity index (χ0) is 11.3. The van der Waals surface area contributed by atoms with Crippen LogP contribution in [0.15, 0.2) is 0 Å². The normalized spacial score (nSPS) is 31.2. The molecule has 0 amide bonds. The number of likely N-dealkylation sites (N-methyl/N-ethyl adjacent to an activating group) is 1. The monoisotopic (exact) mass is 231 g/mol. The minimum atomic E-state index is -0.106. The highest BCUT2D eigenvalue weighted by Gasteiger charge is 2.25. The number of nitrogens with one attached hydrogen (secondary N) is 1. The lowest BCUT2D eigenvalue weighted by Crippen LogP contribution is -2.46. The molecule has 0 aromatic heterocycles. The number of rotatable bonds is 5. The summed E-state index contributed by atoms with van der Waals surface area (Å²) in [5.74, 6) is 1.91. The van der Waals surface area contributed by atoms with Gasteiger partial charge in [0.2, 0.25) is 0 Å². The summed E-state index contributed by atoms with van der Waals surface area (Å²) in [5.41, 5.74) is -0.106. The highest BCUT2D eigenvalue weighted by molar-refractivity contribution is 7.99. The van der Waals surface area contributed by atoms with Gasteiger partial charge in [-0.1, -0.05) is 19.8 Å². The first kappa shape index (κ1) is 13.3. The molecule has 0 aliphatic heterocycles. The highest BCUT2D eigenvalue weighted by atomic mass is 32.2. The Balaban J connectivity index is 2.29. The second-order valence-corrected chi connectivity index (χ2v) is 6.46. The Morgan fingerprint density at radius 2 is 2.20 bits per heavy atom. The third kappa shape index (κ3) is 4.33. The van der Waals surface area contributed by atoms with E-state index in [4.69, 9.17) is 0 Å². The van der Waals surface area contributed by atoms with Gasteiger partial charge in [0.25, 0.3) is 0 Å². The molecule has 15 heavy (non-hydrogen) atoms. The van der Waals surface area contributed by atoms with Crippen molar-refractivity contribution in [1.29, 1.82) is 0 Å². The quantitative estimate of drug-likeness (QED) is 0.761. The van der Waals surface area contributed by atoms with Gasteiger partial charge >= 0.3 is 0 Å². The lowest BCUT2D eigenvalue weighted by atomic mass is 9.91. The second kappa shape index (κ2) is 6.12. The van der Waals surface area contributed by atoms with Crippen molar-refractivity contribution < 1.29 is 5.11 Å². The van der Waals surface area contributed by atoms with Crippen LogP contribution >= 0.6 is 11.8 Å². The fourth-order valence-electron chi connectivity index (χ4n) is 2.03. The molecule has 3 unspecified atom stereocenters. The summed E-state index contributed by atoms with van der Waals surface area (Å²) in [6.45, 7) is 4.67. The summed E-state index contributed by atoms with van der Waals surface area (Å²) in [4.78, 5) is 0. The van der Waals surface area contributed by atoms with Crippen LogP contribution in [-0.2, 0) is 0 Å². The van der Waals surface area contributed by atoms with Crippen molar-refractivity contribution >= 4 is 11.8 Å². The summed E-state index contributed by atoms with van der Waals surface area (Å²) in [7, 11) is 1.93. The predicted octanol–water partition coefficient (Wildman–Crippen LogP) is 2.27. The first-order valence-electron chi connectivity index (χ1n) is 6.01. The summed E-state index contributed by atoms with van der Waals surface area (Å²) in [6.07, 6.45) is 5.50. The van der Waals surface area contributed by atoms with Gasteiger partial charge in [0, 0.05) is 16.5 Å². The molecule has 0 aromatic rings. The molecule has 1 fully saturated rings. The first-order valence-corrected chi connectivity index (χ1v) is 7.06. The molecule has 0 bridgehead atoms. The van der Waals surface area contributed by atoms with Crippen molar-refractivity contribution in [3.63, 3.8) is 0 Å². The van der Waals surface area contributed by atoms with E-state index in [1.807, 2.05) is 18.8 Å². The van der Waals surface area contributed by atoms with E-state index in [0.717, 1.165) is 16.9 Å². The third-order valence-electron chi connectivity index (χ3n) is 3.48. The minimum Gasteiger partial charge on any atom is -0.394 e. The van der Waals surface area contributed by atoms with Crippen LogP contribution in [0, 0.1) is 5.92 Å². The molecule has 1 aliphatic rings.